The molecule has 0 saturated heterocycles. The van der Waals surface area contributed by atoms with Crippen molar-refractivity contribution < 1.29 is 0 Å². The first-order valence-corrected chi connectivity index (χ1v) is 7.85. The van der Waals surface area contributed by atoms with Crippen LogP contribution in [0.2, 0.25) is 0 Å². The Balaban J connectivity index is 2.05. The van der Waals surface area contributed by atoms with Crippen molar-refractivity contribution in [2.75, 3.05) is 11.9 Å². The van der Waals surface area contributed by atoms with Crippen molar-refractivity contribution in [2.24, 2.45) is 11.8 Å². The Morgan fingerprint density at radius 2 is 2.30 bits per heavy atom. The first-order valence-electron chi connectivity index (χ1n) is 7.06. The molecule has 1 heterocycles. The highest BCUT2D eigenvalue weighted by atomic mass is 79.9. The Labute approximate surface area is 128 Å². The third-order valence-electron chi connectivity index (χ3n) is 4.07. The number of anilines is 1. The maximum atomic E-state index is 12.0. The fraction of sp³-hybridized carbons (Fsp3) is 0.600. The molecule has 0 amide bonds. The van der Waals surface area contributed by atoms with E-state index in [1.807, 2.05) is 0 Å². The second-order valence-electron chi connectivity index (χ2n) is 5.44. The minimum absolute atomic E-state index is 0.190. The molecule has 0 bridgehead atoms. The topological polar surface area (TPSA) is 46.9 Å². The normalized spacial score (nSPS) is 22.2. The van der Waals surface area contributed by atoms with Gasteiger partial charge in [-0.2, -0.15) is 5.10 Å². The fourth-order valence-corrected chi connectivity index (χ4v) is 3.17. The Bertz CT molecular complexity index is 561. The maximum absolute atomic E-state index is 12.0. The zero-order valence-corrected chi connectivity index (χ0v) is 13.3. The predicted molar refractivity (Wildman–Crippen MR) is 84.6 cm³/mol. The van der Waals surface area contributed by atoms with E-state index in [1.54, 1.807) is 6.20 Å². The summed E-state index contributed by atoms with van der Waals surface area (Å²) < 4.78 is 1.78. The van der Waals surface area contributed by atoms with Crippen LogP contribution in [0.5, 0.6) is 0 Å². The van der Waals surface area contributed by atoms with Gasteiger partial charge < -0.3 is 5.32 Å². The summed E-state index contributed by atoms with van der Waals surface area (Å²) in [6, 6.07) is 0. The maximum Gasteiger partial charge on any atom is 0.284 e. The van der Waals surface area contributed by atoms with E-state index in [-0.39, 0.29) is 12.1 Å². The number of aromatic nitrogens is 2. The Morgan fingerprint density at radius 1 is 1.55 bits per heavy atom. The minimum Gasteiger partial charge on any atom is -0.382 e. The largest absolute Gasteiger partial charge is 0.382 e. The van der Waals surface area contributed by atoms with Gasteiger partial charge in [-0.25, -0.2) is 4.68 Å². The first-order chi connectivity index (χ1) is 9.63. The van der Waals surface area contributed by atoms with Gasteiger partial charge in [-0.3, -0.25) is 4.79 Å². The van der Waals surface area contributed by atoms with Gasteiger partial charge in [-0.05, 0) is 34.2 Å². The van der Waals surface area contributed by atoms with Crippen LogP contribution in [-0.4, -0.2) is 16.3 Å². The van der Waals surface area contributed by atoms with Crippen LogP contribution in [0.15, 0.2) is 15.5 Å². The summed E-state index contributed by atoms with van der Waals surface area (Å²) in [5, 5.41) is 7.43. The monoisotopic (exact) mass is 337 g/mol. The van der Waals surface area contributed by atoms with Gasteiger partial charge in [0.05, 0.1) is 11.9 Å². The number of nitrogens with zero attached hydrogens (tertiary/aromatic N) is 2. The van der Waals surface area contributed by atoms with E-state index >= 15 is 0 Å². The molecule has 1 aromatic rings. The quantitative estimate of drug-likeness (QED) is 0.859. The number of nitrogens with one attached hydrogen (secondary N) is 1. The van der Waals surface area contributed by atoms with E-state index in [4.69, 9.17) is 6.42 Å². The van der Waals surface area contributed by atoms with Crippen molar-refractivity contribution in [3.63, 3.8) is 0 Å². The van der Waals surface area contributed by atoms with Gasteiger partial charge in [0.1, 0.15) is 11.0 Å². The van der Waals surface area contributed by atoms with Crippen molar-refractivity contribution in [2.45, 2.75) is 39.2 Å². The fourth-order valence-electron chi connectivity index (χ4n) is 2.72. The average molecular weight is 338 g/mol. The molecule has 1 aliphatic carbocycles. The van der Waals surface area contributed by atoms with Crippen molar-refractivity contribution in [3.8, 4) is 12.3 Å². The molecule has 1 fully saturated rings. The highest BCUT2D eigenvalue weighted by Gasteiger charge is 2.21. The lowest BCUT2D eigenvalue weighted by Crippen LogP contribution is -2.27. The lowest BCUT2D eigenvalue weighted by atomic mass is 9.80. The van der Waals surface area contributed by atoms with Crippen LogP contribution >= 0.6 is 15.9 Å². The number of terminal acetylenes is 1. The van der Waals surface area contributed by atoms with Gasteiger partial charge in [0.15, 0.2) is 0 Å². The van der Waals surface area contributed by atoms with Gasteiger partial charge >= 0.3 is 0 Å². The van der Waals surface area contributed by atoms with Crippen LogP contribution in [0.4, 0.5) is 5.69 Å². The Kier molecular flexibility index (Phi) is 5.24. The molecule has 0 radical (unpaired) electrons. The van der Waals surface area contributed by atoms with Crippen molar-refractivity contribution in [3.05, 3.63) is 21.0 Å². The number of hydrogen-bond donors (Lipinski definition) is 1. The van der Waals surface area contributed by atoms with Gasteiger partial charge in [0, 0.05) is 6.54 Å². The molecule has 2 unspecified atom stereocenters. The van der Waals surface area contributed by atoms with Crippen molar-refractivity contribution >= 4 is 21.6 Å². The number of hydrogen-bond acceptors (Lipinski definition) is 3. The summed E-state index contributed by atoms with van der Waals surface area (Å²) >= 11 is 3.34. The molecule has 0 spiro atoms. The Morgan fingerprint density at radius 3 is 3.00 bits per heavy atom. The summed E-state index contributed by atoms with van der Waals surface area (Å²) in [6.07, 6.45) is 12.1. The molecule has 1 aromatic heterocycles. The first kappa shape index (κ1) is 15.1. The molecule has 2 rings (SSSR count). The zero-order valence-electron chi connectivity index (χ0n) is 11.7. The van der Waals surface area contributed by atoms with E-state index in [0.717, 1.165) is 18.2 Å². The van der Waals surface area contributed by atoms with Crippen LogP contribution in [0, 0.1) is 24.2 Å². The second kappa shape index (κ2) is 6.94. The highest BCUT2D eigenvalue weighted by molar-refractivity contribution is 9.10. The van der Waals surface area contributed by atoms with Crippen LogP contribution < -0.4 is 10.9 Å². The summed E-state index contributed by atoms with van der Waals surface area (Å²) in [6.45, 7) is 3.39. The molecule has 1 saturated carbocycles. The van der Waals surface area contributed by atoms with Gasteiger partial charge in [0.2, 0.25) is 0 Å². The summed E-state index contributed by atoms with van der Waals surface area (Å²) in [5.41, 5.74) is 0.561. The molecule has 108 valence electrons. The van der Waals surface area contributed by atoms with Crippen LogP contribution in [0.25, 0.3) is 0 Å². The summed E-state index contributed by atoms with van der Waals surface area (Å²) in [4.78, 5) is 12.0. The van der Waals surface area contributed by atoms with Crippen molar-refractivity contribution in [1.82, 2.24) is 9.78 Å². The number of rotatable bonds is 4. The van der Waals surface area contributed by atoms with Gasteiger partial charge in [0.25, 0.3) is 5.56 Å². The lowest BCUT2D eigenvalue weighted by molar-refractivity contribution is 0.268. The average Bonchev–Trinajstić information content (AvgIpc) is 2.45. The van der Waals surface area contributed by atoms with Crippen molar-refractivity contribution in [1.29, 1.82) is 0 Å². The van der Waals surface area contributed by atoms with E-state index in [2.05, 4.69) is 39.2 Å². The molecular weight excluding hydrogens is 318 g/mol. The highest BCUT2D eigenvalue weighted by Crippen LogP contribution is 2.30. The minimum atomic E-state index is -0.190. The van der Waals surface area contributed by atoms with Gasteiger partial charge in [-0.15, -0.1) is 6.42 Å². The van der Waals surface area contributed by atoms with E-state index in [9.17, 15) is 4.79 Å². The molecule has 2 atom stereocenters. The third kappa shape index (κ3) is 3.43. The molecule has 0 aliphatic heterocycles. The van der Waals surface area contributed by atoms with E-state index in [1.165, 1.54) is 30.4 Å². The molecule has 20 heavy (non-hydrogen) atoms. The molecule has 5 heteroatoms. The smallest absolute Gasteiger partial charge is 0.284 e. The lowest BCUT2D eigenvalue weighted by Gasteiger charge is -2.29. The Hall–Kier alpha value is -1.28. The zero-order chi connectivity index (χ0) is 14.5. The predicted octanol–water partition coefficient (Wildman–Crippen LogP) is 2.88. The van der Waals surface area contributed by atoms with Crippen LogP contribution in [-0.2, 0) is 6.54 Å². The standard InChI is InChI=1S/C15H20BrN3O/c1-3-8-19-15(20)14(16)13(10-18-19)17-9-12-7-5-4-6-11(12)2/h1,10-12,17H,4-9H2,2H3. The molecule has 1 N–H and O–H groups in total. The molecular formula is C15H20BrN3O. The molecule has 4 nitrogen and oxygen atoms in total. The van der Waals surface area contributed by atoms with Crippen LogP contribution in [0.3, 0.4) is 0 Å². The summed E-state index contributed by atoms with van der Waals surface area (Å²) in [5.74, 6) is 3.83. The third-order valence-corrected chi connectivity index (χ3v) is 4.84. The SMILES string of the molecule is C#CCn1ncc(NCC2CCCCC2C)c(Br)c1=O. The molecule has 1 aliphatic rings. The van der Waals surface area contributed by atoms with E-state index in [0.29, 0.717) is 10.4 Å². The van der Waals surface area contributed by atoms with E-state index < -0.39 is 0 Å². The van der Waals surface area contributed by atoms with Gasteiger partial charge in [-0.1, -0.05) is 32.1 Å². The molecule has 0 aromatic carbocycles. The van der Waals surface area contributed by atoms with Crippen LogP contribution in [0.1, 0.15) is 32.6 Å². The second-order valence-corrected chi connectivity index (χ2v) is 6.23. The summed E-state index contributed by atoms with van der Waals surface area (Å²) in [7, 11) is 0. The number of halogens is 1.